The van der Waals surface area contributed by atoms with Crippen LogP contribution in [0.15, 0.2) is 0 Å². The molecule has 3 fully saturated rings. The normalized spacial score (nSPS) is 48.2. The fraction of sp³-hybridized carbons (Fsp3) is 1.00. The molecule has 0 aliphatic carbocycles. The van der Waals surface area contributed by atoms with Gasteiger partial charge in [0, 0.05) is 23.7 Å². The van der Waals surface area contributed by atoms with Crippen molar-refractivity contribution in [3.63, 3.8) is 0 Å². The van der Waals surface area contributed by atoms with E-state index < -0.39 is 9.84 Å². The first kappa shape index (κ1) is 12.9. The number of nitrogens with two attached hydrogens (primary N) is 1. The van der Waals surface area contributed by atoms with Crippen molar-refractivity contribution in [2.24, 2.45) is 5.73 Å². The summed E-state index contributed by atoms with van der Waals surface area (Å²) >= 11 is 0. The Morgan fingerprint density at radius 1 is 1.22 bits per heavy atom. The Morgan fingerprint density at radius 3 is 2.33 bits per heavy atom. The van der Waals surface area contributed by atoms with Crippen molar-refractivity contribution in [1.82, 2.24) is 4.90 Å². The van der Waals surface area contributed by atoms with Crippen LogP contribution >= 0.6 is 0 Å². The Morgan fingerprint density at radius 2 is 1.83 bits per heavy atom. The van der Waals surface area contributed by atoms with Gasteiger partial charge in [-0.1, -0.05) is 6.42 Å². The Bertz CT molecular complexity index is 422. The molecule has 3 unspecified atom stereocenters. The SMILES string of the molecule is CC1(N2C3CCCC2CC(N)C3)CCS(=O)(=O)C1. The first-order valence-corrected chi connectivity index (χ1v) is 8.96. The van der Waals surface area contributed by atoms with Crippen LogP contribution in [0.3, 0.4) is 0 Å². The second-order valence-corrected chi connectivity index (χ2v) is 8.90. The molecule has 3 saturated heterocycles. The molecule has 3 aliphatic rings. The van der Waals surface area contributed by atoms with Gasteiger partial charge in [-0.3, -0.25) is 4.90 Å². The second kappa shape index (κ2) is 4.18. The van der Waals surface area contributed by atoms with E-state index in [4.69, 9.17) is 5.73 Å². The number of sulfone groups is 1. The van der Waals surface area contributed by atoms with Gasteiger partial charge < -0.3 is 5.73 Å². The molecular formula is C13H24N2O2S. The Labute approximate surface area is 110 Å². The zero-order chi connectivity index (χ0) is 13.0. The predicted octanol–water partition coefficient (Wildman–Crippen LogP) is 0.908. The van der Waals surface area contributed by atoms with E-state index in [9.17, 15) is 8.42 Å². The van der Waals surface area contributed by atoms with Crippen LogP contribution in [0.5, 0.6) is 0 Å². The highest BCUT2D eigenvalue weighted by Crippen LogP contribution is 2.42. The van der Waals surface area contributed by atoms with Crippen LogP contribution < -0.4 is 5.73 Å². The third kappa shape index (κ3) is 2.10. The molecule has 0 aromatic heterocycles. The van der Waals surface area contributed by atoms with Crippen molar-refractivity contribution in [2.75, 3.05) is 11.5 Å². The summed E-state index contributed by atoms with van der Waals surface area (Å²) in [6, 6.07) is 1.36. The Balaban J connectivity index is 1.87. The van der Waals surface area contributed by atoms with Gasteiger partial charge in [0.2, 0.25) is 0 Å². The number of nitrogens with zero attached hydrogens (tertiary/aromatic N) is 1. The van der Waals surface area contributed by atoms with Crippen LogP contribution in [-0.4, -0.2) is 48.5 Å². The quantitative estimate of drug-likeness (QED) is 0.770. The van der Waals surface area contributed by atoms with Gasteiger partial charge in [-0.2, -0.15) is 0 Å². The molecule has 3 aliphatic heterocycles. The molecule has 0 spiro atoms. The molecule has 0 radical (unpaired) electrons. The molecule has 2 N–H and O–H groups in total. The molecule has 0 saturated carbocycles. The summed E-state index contributed by atoms with van der Waals surface area (Å²) in [4.78, 5) is 2.55. The minimum absolute atomic E-state index is 0.130. The highest BCUT2D eigenvalue weighted by molar-refractivity contribution is 7.91. The van der Waals surface area contributed by atoms with Crippen LogP contribution in [0.1, 0.15) is 45.4 Å². The largest absolute Gasteiger partial charge is 0.328 e. The maximum Gasteiger partial charge on any atom is 0.152 e. The summed E-state index contributed by atoms with van der Waals surface area (Å²) in [6.45, 7) is 2.15. The first-order chi connectivity index (χ1) is 8.40. The van der Waals surface area contributed by atoms with Crippen molar-refractivity contribution in [3.8, 4) is 0 Å². The lowest BCUT2D eigenvalue weighted by atomic mass is 9.78. The molecule has 3 heterocycles. The molecular weight excluding hydrogens is 248 g/mol. The number of hydrogen-bond donors (Lipinski definition) is 1. The van der Waals surface area contributed by atoms with Crippen LogP contribution in [0.25, 0.3) is 0 Å². The highest BCUT2D eigenvalue weighted by atomic mass is 32.2. The van der Waals surface area contributed by atoms with Gasteiger partial charge in [0.05, 0.1) is 11.5 Å². The molecule has 2 bridgehead atoms. The third-order valence-electron chi connectivity index (χ3n) is 5.12. The zero-order valence-electron chi connectivity index (χ0n) is 11.1. The average Bonchev–Trinajstić information content (AvgIpc) is 2.52. The molecule has 0 aromatic carbocycles. The summed E-state index contributed by atoms with van der Waals surface area (Å²) in [5, 5.41) is 0. The van der Waals surface area contributed by atoms with Crippen LogP contribution in [0.2, 0.25) is 0 Å². The van der Waals surface area contributed by atoms with Crippen LogP contribution in [0.4, 0.5) is 0 Å². The first-order valence-electron chi connectivity index (χ1n) is 7.14. The van der Waals surface area contributed by atoms with Crippen molar-refractivity contribution >= 4 is 9.84 Å². The maximum atomic E-state index is 11.8. The number of hydrogen-bond acceptors (Lipinski definition) is 4. The summed E-state index contributed by atoms with van der Waals surface area (Å²) < 4.78 is 23.6. The third-order valence-corrected chi connectivity index (χ3v) is 7.00. The predicted molar refractivity (Wildman–Crippen MR) is 72.2 cm³/mol. The van der Waals surface area contributed by atoms with E-state index in [1.807, 2.05) is 0 Å². The molecule has 3 atom stereocenters. The molecule has 4 nitrogen and oxygen atoms in total. The summed E-state index contributed by atoms with van der Waals surface area (Å²) in [6.07, 6.45) is 6.57. The van der Waals surface area contributed by atoms with E-state index in [0.717, 1.165) is 19.3 Å². The van der Waals surface area contributed by atoms with Gasteiger partial charge >= 0.3 is 0 Å². The van der Waals surface area contributed by atoms with E-state index in [-0.39, 0.29) is 5.54 Å². The lowest BCUT2D eigenvalue weighted by molar-refractivity contribution is -0.0406. The van der Waals surface area contributed by atoms with E-state index >= 15 is 0 Å². The smallest absolute Gasteiger partial charge is 0.152 e. The molecule has 0 amide bonds. The average molecular weight is 272 g/mol. The lowest BCUT2D eigenvalue weighted by Gasteiger charge is -2.55. The second-order valence-electron chi connectivity index (χ2n) is 6.72. The molecule has 3 rings (SSSR count). The minimum atomic E-state index is -2.82. The van der Waals surface area contributed by atoms with Crippen molar-refractivity contribution < 1.29 is 8.42 Å². The monoisotopic (exact) mass is 272 g/mol. The highest BCUT2D eigenvalue weighted by Gasteiger charge is 2.50. The van der Waals surface area contributed by atoms with Crippen molar-refractivity contribution in [2.45, 2.75) is 69.1 Å². The summed E-state index contributed by atoms with van der Waals surface area (Å²) in [5.41, 5.74) is 6.01. The minimum Gasteiger partial charge on any atom is -0.328 e. The van der Waals surface area contributed by atoms with Crippen molar-refractivity contribution in [1.29, 1.82) is 0 Å². The lowest BCUT2D eigenvalue weighted by Crippen LogP contribution is -2.63. The van der Waals surface area contributed by atoms with E-state index in [1.165, 1.54) is 19.3 Å². The molecule has 104 valence electrons. The van der Waals surface area contributed by atoms with Crippen molar-refractivity contribution in [3.05, 3.63) is 0 Å². The molecule has 5 heteroatoms. The molecule has 18 heavy (non-hydrogen) atoms. The van der Waals surface area contributed by atoms with Gasteiger partial charge in [-0.05, 0) is 39.0 Å². The van der Waals surface area contributed by atoms with Crippen LogP contribution in [-0.2, 0) is 9.84 Å². The standard InChI is InChI=1S/C13H24N2O2S/c1-13(5-6-18(16,17)9-13)15-11-3-2-4-12(15)8-10(14)7-11/h10-12H,2-9,14H2,1H3. The number of rotatable bonds is 1. The number of piperidine rings is 2. The Hall–Kier alpha value is -0.130. The Kier molecular flexibility index (Phi) is 2.99. The van der Waals surface area contributed by atoms with Gasteiger partial charge in [0.25, 0.3) is 0 Å². The summed E-state index contributed by atoms with van der Waals surface area (Å²) in [7, 11) is -2.82. The maximum absolute atomic E-state index is 11.8. The summed E-state index contributed by atoms with van der Waals surface area (Å²) in [5.74, 6) is 0.716. The van der Waals surface area contributed by atoms with E-state index in [0.29, 0.717) is 29.6 Å². The molecule has 0 aromatic rings. The van der Waals surface area contributed by atoms with E-state index in [1.54, 1.807) is 0 Å². The van der Waals surface area contributed by atoms with Gasteiger partial charge in [0.1, 0.15) is 0 Å². The zero-order valence-corrected chi connectivity index (χ0v) is 12.0. The van der Waals surface area contributed by atoms with Gasteiger partial charge in [0.15, 0.2) is 9.84 Å². The topological polar surface area (TPSA) is 63.4 Å². The van der Waals surface area contributed by atoms with Gasteiger partial charge in [-0.25, -0.2) is 8.42 Å². The fourth-order valence-corrected chi connectivity index (χ4v) is 6.64. The van der Waals surface area contributed by atoms with Crippen LogP contribution in [0, 0.1) is 0 Å². The number of fused-ring (bicyclic) bond motifs is 2. The fourth-order valence-electron chi connectivity index (χ4n) is 4.50. The van der Waals surface area contributed by atoms with E-state index in [2.05, 4.69) is 11.8 Å². The van der Waals surface area contributed by atoms with Gasteiger partial charge in [-0.15, -0.1) is 0 Å².